The summed E-state index contributed by atoms with van der Waals surface area (Å²) in [6.45, 7) is 5.63. The molecular formula is C19H19ClO3. The first-order valence-electron chi connectivity index (χ1n) is 7.85. The zero-order valence-corrected chi connectivity index (χ0v) is 13.8. The standard InChI is InChI=1S/C19H19ClO3/c1-3-11-5-7-13-16(9-11)19(23-17(21)4-2)14-8-6-12(20)10-15(14)18(13)22/h4,6,8,10-11,22H,2-3,5,7,9H2,1H3. The Kier molecular flexibility index (Phi) is 4.31. The highest BCUT2D eigenvalue weighted by atomic mass is 35.5. The van der Waals surface area contributed by atoms with Gasteiger partial charge in [-0.25, -0.2) is 4.79 Å². The number of ether oxygens (including phenoxy) is 1. The van der Waals surface area contributed by atoms with E-state index in [1.807, 2.05) is 0 Å². The molecule has 3 nitrogen and oxygen atoms in total. The average molecular weight is 331 g/mol. The lowest BCUT2D eigenvalue weighted by Crippen LogP contribution is -2.17. The third kappa shape index (κ3) is 2.81. The first-order valence-corrected chi connectivity index (χ1v) is 8.23. The number of hydrogen-bond donors (Lipinski definition) is 1. The first kappa shape index (κ1) is 15.9. The van der Waals surface area contributed by atoms with Crippen LogP contribution in [0, 0.1) is 5.92 Å². The third-order valence-electron chi connectivity index (χ3n) is 4.65. The summed E-state index contributed by atoms with van der Waals surface area (Å²) in [6.07, 6.45) is 4.82. The Morgan fingerprint density at radius 2 is 2.22 bits per heavy atom. The van der Waals surface area contributed by atoms with E-state index in [2.05, 4.69) is 13.5 Å². The number of esters is 1. The molecule has 4 heteroatoms. The molecule has 0 bridgehead atoms. The van der Waals surface area contributed by atoms with Gasteiger partial charge in [0, 0.05) is 33.0 Å². The Morgan fingerprint density at radius 3 is 2.91 bits per heavy atom. The Hall–Kier alpha value is -2.00. The van der Waals surface area contributed by atoms with Crippen LogP contribution in [0.1, 0.15) is 30.9 Å². The van der Waals surface area contributed by atoms with Crippen molar-refractivity contribution in [2.45, 2.75) is 32.6 Å². The van der Waals surface area contributed by atoms with Gasteiger partial charge in [-0.3, -0.25) is 0 Å². The van der Waals surface area contributed by atoms with Gasteiger partial charge in [-0.15, -0.1) is 0 Å². The van der Waals surface area contributed by atoms with Gasteiger partial charge in [-0.2, -0.15) is 0 Å². The van der Waals surface area contributed by atoms with Crippen LogP contribution in [-0.2, 0) is 17.6 Å². The monoisotopic (exact) mass is 330 g/mol. The summed E-state index contributed by atoms with van der Waals surface area (Å²) in [6, 6.07) is 5.24. The summed E-state index contributed by atoms with van der Waals surface area (Å²) < 4.78 is 5.55. The van der Waals surface area contributed by atoms with Gasteiger partial charge in [0.25, 0.3) is 0 Å². The highest BCUT2D eigenvalue weighted by molar-refractivity contribution is 6.31. The molecule has 2 aromatic rings. The van der Waals surface area contributed by atoms with Gasteiger partial charge < -0.3 is 9.84 Å². The zero-order valence-electron chi connectivity index (χ0n) is 13.1. The minimum atomic E-state index is -0.493. The van der Waals surface area contributed by atoms with Crippen molar-refractivity contribution in [1.29, 1.82) is 0 Å². The maximum absolute atomic E-state index is 11.8. The number of halogens is 1. The number of benzene rings is 2. The van der Waals surface area contributed by atoms with Gasteiger partial charge >= 0.3 is 5.97 Å². The highest BCUT2D eigenvalue weighted by Crippen LogP contribution is 2.45. The van der Waals surface area contributed by atoms with Crippen molar-refractivity contribution in [2.24, 2.45) is 5.92 Å². The van der Waals surface area contributed by atoms with E-state index in [0.717, 1.165) is 42.9 Å². The summed E-state index contributed by atoms with van der Waals surface area (Å²) in [5.41, 5.74) is 1.81. The minimum Gasteiger partial charge on any atom is -0.507 e. The van der Waals surface area contributed by atoms with E-state index in [9.17, 15) is 9.90 Å². The van der Waals surface area contributed by atoms with E-state index in [1.54, 1.807) is 18.2 Å². The molecule has 0 saturated carbocycles. The van der Waals surface area contributed by atoms with E-state index in [-0.39, 0.29) is 5.75 Å². The molecule has 1 aliphatic carbocycles. The fourth-order valence-electron chi connectivity index (χ4n) is 3.35. The average Bonchev–Trinajstić information content (AvgIpc) is 2.57. The van der Waals surface area contributed by atoms with Crippen molar-refractivity contribution in [3.8, 4) is 11.5 Å². The van der Waals surface area contributed by atoms with E-state index in [4.69, 9.17) is 16.3 Å². The van der Waals surface area contributed by atoms with Crippen molar-refractivity contribution < 1.29 is 14.6 Å². The van der Waals surface area contributed by atoms with Gasteiger partial charge in [-0.05, 0) is 43.4 Å². The molecule has 3 rings (SSSR count). The molecule has 0 aromatic heterocycles. The largest absolute Gasteiger partial charge is 0.507 e. The van der Waals surface area contributed by atoms with Crippen LogP contribution >= 0.6 is 11.6 Å². The molecule has 0 heterocycles. The summed E-state index contributed by atoms with van der Waals surface area (Å²) >= 11 is 6.07. The van der Waals surface area contributed by atoms with Gasteiger partial charge in [0.2, 0.25) is 0 Å². The Morgan fingerprint density at radius 1 is 1.43 bits per heavy atom. The number of aromatic hydroxyl groups is 1. The molecule has 2 aromatic carbocycles. The molecule has 1 aliphatic rings. The van der Waals surface area contributed by atoms with E-state index in [1.165, 1.54) is 0 Å². The molecule has 23 heavy (non-hydrogen) atoms. The lowest BCUT2D eigenvalue weighted by Gasteiger charge is -2.27. The molecule has 0 amide bonds. The van der Waals surface area contributed by atoms with Crippen LogP contribution in [0.2, 0.25) is 5.02 Å². The number of hydrogen-bond acceptors (Lipinski definition) is 3. The van der Waals surface area contributed by atoms with Gasteiger partial charge in [0.1, 0.15) is 11.5 Å². The van der Waals surface area contributed by atoms with Gasteiger partial charge in [-0.1, -0.05) is 31.5 Å². The molecule has 1 unspecified atom stereocenters. The van der Waals surface area contributed by atoms with Crippen LogP contribution in [-0.4, -0.2) is 11.1 Å². The predicted octanol–water partition coefficient (Wildman–Crippen LogP) is 4.81. The van der Waals surface area contributed by atoms with Crippen LogP contribution < -0.4 is 4.74 Å². The Bertz CT molecular complexity index is 795. The first-order chi connectivity index (χ1) is 11.0. The van der Waals surface area contributed by atoms with Crippen molar-refractivity contribution in [1.82, 2.24) is 0 Å². The topological polar surface area (TPSA) is 46.5 Å². The number of carbonyl (C=O) groups is 1. The normalized spacial score (nSPS) is 16.9. The molecule has 0 fully saturated rings. The number of phenols is 1. The lowest BCUT2D eigenvalue weighted by molar-refractivity contribution is -0.128. The Labute approximate surface area is 140 Å². The van der Waals surface area contributed by atoms with Crippen LogP contribution in [0.15, 0.2) is 30.9 Å². The van der Waals surface area contributed by atoms with E-state index in [0.29, 0.717) is 27.5 Å². The number of phenolic OH excluding ortho intramolecular Hbond substituents is 1. The van der Waals surface area contributed by atoms with Crippen molar-refractivity contribution in [3.05, 3.63) is 47.0 Å². The summed E-state index contributed by atoms with van der Waals surface area (Å²) in [5, 5.41) is 12.5. The maximum Gasteiger partial charge on any atom is 0.335 e. The van der Waals surface area contributed by atoms with Crippen LogP contribution in [0.4, 0.5) is 0 Å². The second-order valence-electron chi connectivity index (χ2n) is 5.97. The molecule has 0 aliphatic heterocycles. The summed E-state index contributed by atoms with van der Waals surface area (Å²) in [5.74, 6) is 0.832. The number of carbonyl (C=O) groups excluding carboxylic acids is 1. The minimum absolute atomic E-state index is 0.255. The molecule has 0 spiro atoms. The van der Waals surface area contributed by atoms with Crippen molar-refractivity contribution in [3.63, 3.8) is 0 Å². The fraction of sp³-hybridized carbons (Fsp3) is 0.316. The second kappa shape index (κ2) is 6.25. The van der Waals surface area contributed by atoms with Gasteiger partial charge in [0.05, 0.1) is 0 Å². The SMILES string of the molecule is C=CC(=O)Oc1c2c(c(O)c3cc(Cl)ccc13)CCC(CC)C2. The quantitative estimate of drug-likeness (QED) is 0.499. The number of fused-ring (bicyclic) bond motifs is 2. The summed E-state index contributed by atoms with van der Waals surface area (Å²) in [4.78, 5) is 11.8. The fourth-order valence-corrected chi connectivity index (χ4v) is 3.52. The molecule has 1 atom stereocenters. The molecule has 120 valence electrons. The van der Waals surface area contributed by atoms with E-state index >= 15 is 0 Å². The van der Waals surface area contributed by atoms with Crippen LogP contribution in [0.25, 0.3) is 10.8 Å². The highest BCUT2D eigenvalue weighted by Gasteiger charge is 2.27. The van der Waals surface area contributed by atoms with Crippen molar-refractivity contribution >= 4 is 28.3 Å². The molecule has 0 saturated heterocycles. The molecule has 1 N–H and O–H groups in total. The molecule has 0 radical (unpaired) electrons. The maximum atomic E-state index is 11.8. The summed E-state index contributed by atoms with van der Waals surface area (Å²) in [7, 11) is 0. The van der Waals surface area contributed by atoms with Crippen LogP contribution in [0.3, 0.4) is 0 Å². The number of rotatable bonds is 3. The lowest BCUT2D eigenvalue weighted by atomic mass is 9.80. The van der Waals surface area contributed by atoms with Crippen molar-refractivity contribution in [2.75, 3.05) is 0 Å². The van der Waals surface area contributed by atoms with Gasteiger partial charge in [0.15, 0.2) is 0 Å². The smallest absolute Gasteiger partial charge is 0.335 e. The zero-order chi connectivity index (χ0) is 16.6. The third-order valence-corrected chi connectivity index (χ3v) is 4.88. The van der Waals surface area contributed by atoms with Crippen LogP contribution in [0.5, 0.6) is 11.5 Å². The predicted molar refractivity (Wildman–Crippen MR) is 92.3 cm³/mol. The second-order valence-corrected chi connectivity index (χ2v) is 6.40. The molecular weight excluding hydrogens is 312 g/mol. The van der Waals surface area contributed by atoms with E-state index < -0.39 is 5.97 Å². The Balaban J connectivity index is 2.29.